The number of ether oxygens (including phenoxy) is 2. The minimum Gasteiger partial charge on any atom is -0.481 e. The van der Waals surface area contributed by atoms with Crippen molar-refractivity contribution in [1.29, 1.82) is 0 Å². The Kier molecular flexibility index (Phi) is 6.13. The standard InChI is InChI=1S/C19H20F3NO3/c1-4-17(25-16-10-12(2)9-13(3)11-16)18(24)23-14-5-7-15(8-6-14)26-19(20,21)22/h5-11,17H,4H2,1-3H3,(H,23,24)/t17-/m1/s1. The summed E-state index contributed by atoms with van der Waals surface area (Å²) in [4.78, 5) is 12.4. The smallest absolute Gasteiger partial charge is 0.481 e. The first kappa shape index (κ1) is 19.6. The minimum absolute atomic E-state index is 0.353. The van der Waals surface area contributed by atoms with Crippen LogP contribution in [0.15, 0.2) is 42.5 Å². The lowest BCUT2D eigenvalue weighted by Gasteiger charge is -2.18. The van der Waals surface area contributed by atoms with Gasteiger partial charge < -0.3 is 14.8 Å². The van der Waals surface area contributed by atoms with Gasteiger partial charge in [0, 0.05) is 5.69 Å². The molecule has 0 bridgehead atoms. The van der Waals surface area contributed by atoms with E-state index < -0.39 is 12.5 Å². The van der Waals surface area contributed by atoms with Crippen molar-refractivity contribution in [2.24, 2.45) is 0 Å². The fourth-order valence-electron chi connectivity index (χ4n) is 2.45. The maximum Gasteiger partial charge on any atom is 0.573 e. The monoisotopic (exact) mass is 367 g/mol. The van der Waals surface area contributed by atoms with Crippen LogP contribution in [0.1, 0.15) is 24.5 Å². The summed E-state index contributed by atoms with van der Waals surface area (Å²) in [6.07, 6.45) is -5.03. The predicted octanol–water partition coefficient (Wildman–Crippen LogP) is 5.00. The lowest BCUT2D eigenvalue weighted by molar-refractivity contribution is -0.274. The van der Waals surface area contributed by atoms with Gasteiger partial charge in [0.25, 0.3) is 5.91 Å². The number of carbonyl (C=O) groups excluding carboxylic acids is 1. The Morgan fingerprint density at radius 2 is 1.62 bits per heavy atom. The van der Waals surface area contributed by atoms with Gasteiger partial charge in [0.15, 0.2) is 6.10 Å². The van der Waals surface area contributed by atoms with Gasteiger partial charge in [-0.15, -0.1) is 13.2 Å². The molecule has 7 heteroatoms. The molecule has 2 aromatic rings. The van der Waals surface area contributed by atoms with Crippen LogP contribution in [-0.4, -0.2) is 18.4 Å². The maximum atomic E-state index is 12.4. The van der Waals surface area contributed by atoms with Crippen molar-refractivity contribution in [3.05, 3.63) is 53.6 Å². The number of anilines is 1. The molecule has 1 amide bonds. The number of amides is 1. The maximum absolute atomic E-state index is 12.4. The average Bonchev–Trinajstić information content (AvgIpc) is 2.52. The summed E-state index contributed by atoms with van der Waals surface area (Å²) < 4.78 is 46.0. The second-order valence-corrected chi connectivity index (χ2v) is 5.90. The van der Waals surface area contributed by atoms with Crippen LogP contribution in [0.2, 0.25) is 0 Å². The van der Waals surface area contributed by atoms with Crippen LogP contribution in [0.4, 0.5) is 18.9 Å². The highest BCUT2D eigenvalue weighted by atomic mass is 19.4. The van der Waals surface area contributed by atoms with Gasteiger partial charge in [0.1, 0.15) is 11.5 Å². The van der Waals surface area contributed by atoms with Crippen LogP contribution in [0.25, 0.3) is 0 Å². The molecule has 140 valence electrons. The number of rotatable bonds is 6. The van der Waals surface area contributed by atoms with Gasteiger partial charge in [-0.1, -0.05) is 13.0 Å². The molecule has 0 aliphatic heterocycles. The third-order valence-electron chi connectivity index (χ3n) is 3.49. The Morgan fingerprint density at radius 3 is 2.12 bits per heavy atom. The van der Waals surface area contributed by atoms with E-state index in [1.54, 1.807) is 0 Å². The average molecular weight is 367 g/mol. The van der Waals surface area contributed by atoms with E-state index in [4.69, 9.17) is 4.74 Å². The molecule has 2 rings (SSSR count). The normalized spacial score (nSPS) is 12.4. The lowest BCUT2D eigenvalue weighted by Crippen LogP contribution is -2.32. The highest BCUT2D eigenvalue weighted by Gasteiger charge is 2.31. The summed E-state index contributed by atoms with van der Waals surface area (Å²) in [5.41, 5.74) is 2.40. The first-order valence-electron chi connectivity index (χ1n) is 8.08. The fraction of sp³-hybridized carbons (Fsp3) is 0.316. The summed E-state index contributed by atoms with van der Waals surface area (Å²) in [6, 6.07) is 10.6. The summed E-state index contributed by atoms with van der Waals surface area (Å²) in [5.74, 6) is -0.136. The van der Waals surface area contributed by atoms with Crippen molar-refractivity contribution in [3.63, 3.8) is 0 Å². The Hall–Kier alpha value is -2.70. The molecule has 0 unspecified atom stereocenters. The Morgan fingerprint density at radius 1 is 1.04 bits per heavy atom. The van der Waals surface area contributed by atoms with Crippen molar-refractivity contribution >= 4 is 11.6 Å². The second-order valence-electron chi connectivity index (χ2n) is 5.90. The molecule has 0 spiro atoms. The molecule has 2 aromatic carbocycles. The lowest BCUT2D eigenvalue weighted by atomic mass is 10.1. The van der Waals surface area contributed by atoms with Gasteiger partial charge in [-0.25, -0.2) is 0 Å². The summed E-state index contributed by atoms with van der Waals surface area (Å²) in [5, 5.41) is 2.63. The molecule has 0 saturated heterocycles. The number of benzene rings is 2. The zero-order valence-electron chi connectivity index (χ0n) is 14.7. The minimum atomic E-state index is -4.75. The Balaban J connectivity index is 2.02. The number of halogens is 3. The van der Waals surface area contributed by atoms with E-state index in [0.29, 0.717) is 17.9 Å². The van der Waals surface area contributed by atoms with Crippen molar-refractivity contribution in [3.8, 4) is 11.5 Å². The molecule has 0 radical (unpaired) electrons. The molecule has 0 saturated carbocycles. The highest BCUT2D eigenvalue weighted by Crippen LogP contribution is 2.24. The highest BCUT2D eigenvalue weighted by molar-refractivity contribution is 5.94. The Bertz CT molecular complexity index is 737. The zero-order valence-corrected chi connectivity index (χ0v) is 14.7. The number of hydrogen-bond acceptors (Lipinski definition) is 3. The number of carbonyl (C=O) groups is 1. The van der Waals surface area contributed by atoms with Crippen LogP contribution in [0.5, 0.6) is 11.5 Å². The quantitative estimate of drug-likeness (QED) is 0.782. The van der Waals surface area contributed by atoms with Crippen molar-refractivity contribution in [2.45, 2.75) is 39.7 Å². The van der Waals surface area contributed by atoms with Gasteiger partial charge in [0.05, 0.1) is 0 Å². The third kappa shape index (κ3) is 5.98. The summed E-state index contributed by atoms with van der Waals surface area (Å²) in [6.45, 7) is 5.68. The SMILES string of the molecule is CC[C@@H](Oc1cc(C)cc(C)c1)C(=O)Nc1ccc(OC(F)(F)F)cc1. The molecular formula is C19H20F3NO3. The largest absolute Gasteiger partial charge is 0.573 e. The number of aryl methyl sites for hydroxylation is 2. The second kappa shape index (κ2) is 8.12. The number of nitrogens with one attached hydrogen (secondary N) is 1. The molecule has 0 fully saturated rings. The molecule has 1 N–H and O–H groups in total. The molecule has 0 aliphatic rings. The van der Waals surface area contributed by atoms with E-state index in [2.05, 4.69) is 10.1 Å². The van der Waals surface area contributed by atoms with Crippen molar-refractivity contribution in [1.82, 2.24) is 0 Å². The zero-order chi connectivity index (χ0) is 19.3. The van der Waals surface area contributed by atoms with Gasteiger partial charge >= 0.3 is 6.36 Å². The topological polar surface area (TPSA) is 47.6 Å². The first-order valence-corrected chi connectivity index (χ1v) is 8.08. The van der Waals surface area contributed by atoms with Crippen LogP contribution >= 0.6 is 0 Å². The van der Waals surface area contributed by atoms with Crippen LogP contribution in [0.3, 0.4) is 0 Å². The molecule has 0 aromatic heterocycles. The van der Waals surface area contributed by atoms with Crippen LogP contribution < -0.4 is 14.8 Å². The van der Waals surface area contributed by atoms with E-state index in [1.165, 1.54) is 12.1 Å². The molecule has 26 heavy (non-hydrogen) atoms. The molecule has 0 aliphatic carbocycles. The van der Waals surface area contributed by atoms with E-state index in [0.717, 1.165) is 23.3 Å². The Labute approximate surface area is 149 Å². The van der Waals surface area contributed by atoms with Crippen molar-refractivity contribution < 1.29 is 27.4 Å². The molecule has 4 nitrogen and oxygen atoms in total. The number of alkyl halides is 3. The van der Waals surface area contributed by atoms with E-state index >= 15 is 0 Å². The van der Waals surface area contributed by atoms with E-state index in [-0.39, 0.29) is 11.7 Å². The van der Waals surface area contributed by atoms with Gasteiger partial charge in [-0.2, -0.15) is 0 Å². The third-order valence-corrected chi connectivity index (χ3v) is 3.49. The van der Waals surface area contributed by atoms with E-state index in [1.807, 2.05) is 39.0 Å². The van der Waals surface area contributed by atoms with Gasteiger partial charge in [-0.05, 0) is 67.8 Å². The van der Waals surface area contributed by atoms with Gasteiger partial charge in [-0.3, -0.25) is 4.79 Å². The first-order chi connectivity index (χ1) is 12.2. The van der Waals surface area contributed by atoms with E-state index in [9.17, 15) is 18.0 Å². The van der Waals surface area contributed by atoms with Crippen molar-refractivity contribution in [2.75, 3.05) is 5.32 Å². The predicted molar refractivity (Wildman–Crippen MR) is 92.4 cm³/mol. The van der Waals surface area contributed by atoms with Gasteiger partial charge in [0.2, 0.25) is 0 Å². The molecule has 0 heterocycles. The van der Waals surface area contributed by atoms with Crippen LogP contribution in [0, 0.1) is 13.8 Å². The number of hydrogen-bond donors (Lipinski definition) is 1. The van der Waals surface area contributed by atoms with Crippen LogP contribution in [-0.2, 0) is 4.79 Å². The fourth-order valence-corrected chi connectivity index (χ4v) is 2.45. The molecule has 1 atom stereocenters. The summed E-state index contributed by atoms with van der Waals surface area (Å²) in [7, 11) is 0. The summed E-state index contributed by atoms with van der Waals surface area (Å²) >= 11 is 0. The molecular weight excluding hydrogens is 347 g/mol.